The van der Waals surface area contributed by atoms with Crippen LogP contribution in [0.5, 0.6) is 5.75 Å². The summed E-state index contributed by atoms with van der Waals surface area (Å²) in [5.74, 6) is 2.68. The molecular weight excluding hydrogens is 308 g/mol. The van der Waals surface area contributed by atoms with Gasteiger partial charge in [0.25, 0.3) is 0 Å². The lowest BCUT2D eigenvalue weighted by Gasteiger charge is -2.08. The molecule has 0 aliphatic rings. The fourth-order valence-electron chi connectivity index (χ4n) is 2.28. The zero-order valence-corrected chi connectivity index (χ0v) is 14.0. The molecule has 0 N–H and O–H groups in total. The topological polar surface area (TPSA) is 44.1 Å². The molecule has 1 heterocycles. The molecule has 2 rings (SSSR count). The van der Waals surface area contributed by atoms with Crippen LogP contribution in [0.2, 0.25) is 0 Å². The molecule has 116 valence electrons. The number of hydrogen-bond acceptors (Lipinski definition) is 3. The van der Waals surface area contributed by atoms with Gasteiger partial charge >= 0.3 is 0 Å². The first-order valence-electron chi connectivity index (χ1n) is 7.14. The van der Waals surface area contributed by atoms with Crippen LogP contribution in [0.4, 0.5) is 0 Å². The van der Waals surface area contributed by atoms with Crippen molar-refractivity contribution in [1.82, 2.24) is 9.55 Å². The Kier molecular flexibility index (Phi) is 6.06. The van der Waals surface area contributed by atoms with E-state index in [4.69, 9.17) is 16.3 Å². The van der Waals surface area contributed by atoms with Crippen LogP contribution in [0.1, 0.15) is 25.6 Å². The van der Waals surface area contributed by atoms with Gasteiger partial charge in [-0.3, -0.25) is 4.21 Å². The van der Waals surface area contributed by atoms with Gasteiger partial charge in [-0.05, 0) is 25.0 Å². The molecule has 0 amide bonds. The van der Waals surface area contributed by atoms with E-state index in [1.54, 1.807) is 6.26 Å². The van der Waals surface area contributed by atoms with Crippen LogP contribution in [0.15, 0.2) is 18.2 Å². The van der Waals surface area contributed by atoms with Crippen molar-refractivity contribution in [2.45, 2.75) is 32.2 Å². The van der Waals surface area contributed by atoms with E-state index in [2.05, 4.69) is 16.5 Å². The average Bonchev–Trinajstić information content (AvgIpc) is 2.83. The molecule has 6 heteroatoms. The van der Waals surface area contributed by atoms with E-state index in [1.165, 1.54) is 0 Å². The standard InChI is InChI=1S/C15H21ClN2O2S/c1-3-9-20-13-7-4-6-12-15(13)17-14(11-16)18(12)8-5-10-21(2)19/h4,6-7H,3,5,8-11H2,1-2H3. The lowest BCUT2D eigenvalue weighted by molar-refractivity contribution is 0.320. The Balaban J connectivity index is 2.32. The minimum atomic E-state index is -0.769. The number of nitrogens with zero attached hydrogens (tertiary/aromatic N) is 2. The summed E-state index contributed by atoms with van der Waals surface area (Å²) in [5.41, 5.74) is 1.89. The highest BCUT2D eigenvalue weighted by Crippen LogP contribution is 2.27. The van der Waals surface area contributed by atoms with Crippen molar-refractivity contribution in [3.63, 3.8) is 0 Å². The molecule has 1 aromatic heterocycles. The highest BCUT2D eigenvalue weighted by atomic mass is 35.5. The number of benzene rings is 1. The Labute approximate surface area is 132 Å². The van der Waals surface area contributed by atoms with Crippen LogP contribution in [-0.2, 0) is 23.2 Å². The van der Waals surface area contributed by atoms with Gasteiger partial charge < -0.3 is 9.30 Å². The number of hydrogen-bond donors (Lipinski definition) is 0. The molecule has 1 aromatic carbocycles. The van der Waals surface area contributed by atoms with Crippen LogP contribution in [-0.4, -0.2) is 32.4 Å². The summed E-state index contributed by atoms with van der Waals surface area (Å²) >= 11 is 6.02. The normalized spacial score (nSPS) is 12.7. The van der Waals surface area contributed by atoms with Gasteiger partial charge in [-0.25, -0.2) is 4.98 Å². The van der Waals surface area contributed by atoms with Gasteiger partial charge in [0.15, 0.2) is 0 Å². The van der Waals surface area contributed by atoms with Crippen molar-refractivity contribution >= 4 is 33.4 Å². The summed E-state index contributed by atoms with van der Waals surface area (Å²) < 4.78 is 19.1. The van der Waals surface area contributed by atoms with E-state index in [9.17, 15) is 4.21 Å². The SMILES string of the molecule is CCCOc1cccc2c1nc(CCl)n2CCCS(C)=O. The van der Waals surface area contributed by atoms with E-state index in [0.717, 1.165) is 42.0 Å². The number of aryl methyl sites for hydroxylation is 1. The minimum absolute atomic E-state index is 0.358. The molecule has 4 nitrogen and oxygen atoms in total. The molecule has 1 unspecified atom stereocenters. The monoisotopic (exact) mass is 328 g/mol. The molecule has 1 atom stereocenters. The number of ether oxygens (including phenoxy) is 1. The van der Waals surface area contributed by atoms with E-state index in [-0.39, 0.29) is 0 Å². The third-order valence-electron chi connectivity index (χ3n) is 3.22. The highest BCUT2D eigenvalue weighted by Gasteiger charge is 2.13. The number of fused-ring (bicyclic) bond motifs is 1. The Morgan fingerprint density at radius 1 is 1.43 bits per heavy atom. The maximum atomic E-state index is 11.2. The van der Waals surface area contributed by atoms with E-state index >= 15 is 0 Å². The Morgan fingerprint density at radius 3 is 2.90 bits per heavy atom. The van der Waals surface area contributed by atoms with Crippen molar-refractivity contribution in [3.8, 4) is 5.75 Å². The molecular formula is C15H21ClN2O2S. The largest absolute Gasteiger partial charge is 0.491 e. The second kappa shape index (κ2) is 7.80. The number of imidazole rings is 1. The zero-order valence-electron chi connectivity index (χ0n) is 12.5. The van der Waals surface area contributed by atoms with E-state index < -0.39 is 10.8 Å². The van der Waals surface area contributed by atoms with E-state index in [0.29, 0.717) is 18.2 Å². The third kappa shape index (κ3) is 3.98. The summed E-state index contributed by atoms with van der Waals surface area (Å²) in [7, 11) is -0.769. The maximum absolute atomic E-state index is 11.2. The molecule has 0 aliphatic heterocycles. The number of rotatable bonds is 8. The Hall–Kier alpha value is -1.07. The van der Waals surface area contributed by atoms with Gasteiger partial charge in [0.1, 0.15) is 17.1 Å². The average molecular weight is 329 g/mol. The zero-order chi connectivity index (χ0) is 15.2. The van der Waals surface area contributed by atoms with Crippen molar-refractivity contribution in [1.29, 1.82) is 0 Å². The van der Waals surface area contributed by atoms with Gasteiger partial charge in [0.2, 0.25) is 0 Å². The first kappa shape index (κ1) is 16.3. The van der Waals surface area contributed by atoms with Crippen molar-refractivity contribution in [2.75, 3.05) is 18.6 Å². The van der Waals surface area contributed by atoms with Crippen LogP contribution >= 0.6 is 11.6 Å². The lowest BCUT2D eigenvalue weighted by Crippen LogP contribution is -2.06. The van der Waals surface area contributed by atoms with Crippen LogP contribution in [0.25, 0.3) is 11.0 Å². The van der Waals surface area contributed by atoms with Crippen LogP contribution in [0, 0.1) is 0 Å². The Morgan fingerprint density at radius 2 is 2.24 bits per heavy atom. The summed E-state index contributed by atoms with van der Waals surface area (Å²) in [6, 6.07) is 5.94. The predicted molar refractivity (Wildman–Crippen MR) is 88.6 cm³/mol. The highest BCUT2D eigenvalue weighted by molar-refractivity contribution is 7.84. The molecule has 2 aromatic rings. The predicted octanol–water partition coefficient (Wildman–Crippen LogP) is 3.33. The van der Waals surface area contributed by atoms with Gasteiger partial charge in [0, 0.05) is 29.4 Å². The molecule has 0 saturated heterocycles. The second-order valence-electron chi connectivity index (χ2n) is 4.92. The minimum Gasteiger partial charge on any atom is -0.491 e. The molecule has 0 aliphatic carbocycles. The van der Waals surface area contributed by atoms with Crippen LogP contribution < -0.4 is 4.74 Å². The Bertz CT molecular complexity index is 627. The van der Waals surface area contributed by atoms with Crippen molar-refractivity contribution < 1.29 is 8.95 Å². The second-order valence-corrected chi connectivity index (χ2v) is 6.74. The van der Waals surface area contributed by atoms with Gasteiger partial charge in [-0.2, -0.15) is 0 Å². The quantitative estimate of drug-likeness (QED) is 0.698. The smallest absolute Gasteiger partial charge is 0.147 e. The van der Waals surface area contributed by atoms with Crippen molar-refractivity contribution in [3.05, 3.63) is 24.0 Å². The van der Waals surface area contributed by atoms with Crippen LogP contribution in [0.3, 0.4) is 0 Å². The summed E-state index contributed by atoms with van der Waals surface area (Å²) in [4.78, 5) is 4.61. The number of para-hydroxylation sites is 1. The molecule has 0 bridgehead atoms. The summed E-state index contributed by atoms with van der Waals surface area (Å²) in [6.45, 7) is 3.53. The summed E-state index contributed by atoms with van der Waals surface area (Å²) in [6.07, 6.45) is 3.53. The van der Waals surface area contributed by atoms with Gasteiger partial charge in [-0.15, -0.1) is 11.6 Å². The van der Waals surface area contributed by atoms with Crippen molar-refractivity contribution in [2.24, 2.45) is 0 Å². The first-order chi connectivity index (χ1) is 10.2. The number of halogens is 1. The molecule has 0 radical (unpaired) electrons. The molecule has 0 fully saturated rings. The van der Waals surface area contributed by atoms with Gasteiger partial charge in [0.05, 0.1) is 18.0 Å². The summed E-state index contributed by atoms with van der Waals surface area (Å²) in [5, 5.41) is 0. The lowest BCUT2D eigenvalue weighted by atomic mass is 10.3. The maximum Gasteiger partial charge on any atom is 0.147 e. The fourth-order valence-corrected chi connectivity index (χ4v) is 3.01. The first-order valence-corrected chi connectivity index (χ1v) is 9.40. The third-order valence-corrected chi connectivity index (χ3v) is 4.32. The molecule has 0 saturated carbocycles. The van der Waals surface area contributed by atoms with Gasteiger partial charge in [-0.1, -0.05) is 13.0 Å². The number of aromatic nitrogens is 2. The molecule has 0 spiro atoms. The fraction of sp³-hybridized carbons (Fsp3) is 0.533. The molecule has 21 heavy (non-hydrogen) atoms. The van der Waals surface area contributed by atoms with E-state index in [1.807, 2.05) is 18.2 Å². The number of alkyl halides is 1.